The van der Waals surface area contributed by atoms with E-state index in [9.17, 15) is 0 Å². The number of pyridine rings is 2. The molecule has 3 nitrogen and oxygen atoms in total. The minimum absolute atomic E-state index is 0.750. The van der Waals surface area contributed by atoms with Gasteiger partial charge in [-0.1, -0.05) is 24.3 Å². The molecule has 0 aliphatic rings. The van der Waals surface area contributed by atoms with Crippen LogP contribution in [0.15, 0.2) is 61.2 Å². The first kappa shape index (κ1) is 10.7. The van der Waals surface area contributed by atoms with Crippen molar-refractivity contribution in [2.24, 2.45) is 0 Å². The van der Waals surface area contributed by atoms with E-state index in [0.717, 1.165) is 12.2 Å². The third-order valence-electron chi connectivity index (χ3n) is 2.90. The number of aromatic nitrogens is 2. The zero-order valence-corrected chi connectivity index (χ0v) is 9.88. The van der Waals surface area contributed by atoms with Crippen LogP contribution in [-0.4, -0.2) is 9.97 Å². The molecule has 0 bridgehead atoms. The van der Waals surface area contributed by atoms with Crippen molar-refractivity contribution in [3.63, 3.8) is 0 Å². The van der Waals surface area contributed by atoms with Crippen LogP contribution in [0.1, 0.15) is 5.56 Å². The van der Waals surface area contributed by atoms with Crippen LogP contribution in [0.25, 0.3) is 10.8 Å². The van der Waals surface area contributed by atoms with Crippen molar-refractivity contribution < 1.29 is 0 Å². The third-order valence-corrected chi connectivity index (χ3v) is 2.90. The van der Waals surface area contributed by atoms with Crippen molar-refractivity contribution in [2.75, 3.05) is 5.32 Å². The van der Waals surface area contributed by atoms with E-state index >= 15 is 0 Å². The second kappa shape index (κ2) is 4.84. The highest BCUT2D eigenvalue weighted by Gasteiger charge is 2.00. The molecule has 3 rings (SSSR count). The Morgan fingerprint density at radius 1 is 0.889 bits per heavy atom. The van der Waals surface area contributed by atoms with Gasteiger partial charge in [-0.25, -0.2) is 0 Å². The number of rotatable bonds is 3. The lowest BCUT2D eigenvalue weighted by Crippen LogP contribution is -2.00. The topological polar surface area (TPSA) is 37.8 Å². The molecule has 3 aromatic rings. The number of benzene rings is 1. The first-order chi connectivity index (χ1) is 8.93. The lowest BCUT2D eigenvalue weighted by Gasteiger charge is -2.08. The van der Waals surface area contributed by atoms with Gasteiger partial charge < -0.3 is 5.32 Å². The molecule has 2 heterocycles. The Bertz CT molecular complexity index is 645. The zero-order chi connectivity index (χ0) is 12.2. The molecule has 0 spiro atoms. The molecule has 0 aliphatic carbocycles. The van der Waals surface area contributed by atoms with Gasteiger partial charge in [-0.3, -0.25) is 9.97 Å². The average molecular weight is 235 g/mol. The SMILES string of the molecule is c1cncc(NCc2cncc3ccccc23)c1. The fourth-order valence-corrected chi connectivity index (χ4v) is 1.98. The number of hydrogen-bond donors (Lipinski definition) is 1. The fraction of sp³-hybridized carbons (Fsp3) is 0.0667. The monoisotopic (exact) mass is 235 g/mol. The van der Waals surface area contributed by atoms with E-state index in [1.807, 2.05) is 36.8 Å². The van der Waals surface area contributed by atoms with Gasteiger partial charge in [0.1, 0.15) is 0 Å². The molecule has 0 amide bonds. The van der Waals surface area contributed by atoms with Crippen molar-refractivity contribution >= 4 is 16.5 Å². The number of hydrogen-bond acceptors (Lipinski definition) is 3. The van der Waals surface area contributed by atoms with Gasteiger partial charge in [-0.15, -0.1) is 0 Å². The number of nitrogens with zero attached hydrogens (tertiary/aromatic N) is 2. The Labute approximate surface area is 106 Å². The van der Waals surface area contributed by atoms with E-state index in [1.54, 1.807) is 6.20 Å². The van der Waals surface area contributed by atoms with Crippen LogP contribution in [0.4, 0.5) is 5.69 Å². The van der Waals surface area contributed by atoms with Crippen molar-refractivity contribution in [1.29, 1.82) is 0 Å². The highest BCUT2D eigenvalue weighted by molar-refractivity contribution is 5.84. The van der Waals surface area contributed by atoms with Crippen LogP contribution in [0.2, 0.25) is 0 Å². The summed E-state index contributed by atoms with van der Waals surface area (Å²) in [7, 11) is 0. The summed E-state index contributed by atoms with van der Waals surface area (Å²) >= 11 is 0. The first-order valence-corrected chi connectivity index (χ1v) is 5.89. The molecule has 0 saturated heterocycles. The molecule has 1 N–H and O–H groups in total. The summed E-state index contributed by atoms with van der Waals surface area (Å²) in [5.41, 5.74) is 2.21. The van der Waals surface area contributed by atoms with E-state index in [4.69, 9.17) is 0 Å². The van der Waals surface area contributed by atoms with Crippen LogP contribution in [0.3, 0.4) is 0 Å². The van der Waals surface area contributed by atoms with E-state index in [-0.39, 0.29) is 0 Å². The molecule has 1 aromatic carbocycles. The summed E-state index contributed by atoms with van der Waals surface area (Å²) < 4.78 is 0. The van der Waals surface area contributed by atoms with Crippen molar-refractivity contribution in [2.45, 2.75) is 6.54 Å². The fourth-order valence-electron chi connectivity index (χ4n) is 1.98. The zero-order valence-electron chi connectivity index (χ0n) is 9.88. The van der Waals surface area contributed by atoms with Crippen molar-refractivity contribution in [3.8, 4) is 0 Å². The van der Waals surface area contributed by atoms with E-state index in [2.05, 4.69) is 33.5 Å². The van der Waals surface area contributed by atoms with Crippen LogP contribution < -0.4 is 5.32 Å². The standard InChI is InChI=1S/C15H13N3/c1-2-6-15-12(4-1)8-17-9-13(15)10-18-14-5-3-7-16-11-14/h1-9,11,18H,10H2. The van der Waals surface area contributed by atoms with E-state index in [0.29, 0.717) is 0 Å². The van der Waals surface area contributed by atoms with E-state index in [1.165, 1.54) is 16.3 Å². The summed E-state index contributed by atoms with van der Waals surface area (Å²) in [5.74, 6) is 0. The molecule has 0 aliphatic heterocycles. The van der Waals surface area contributed by atoms with E-state index < -0.39 is 0 Å². The molecule has 88 valence electrons. The summed E-state index contributed by atoms with van der Waals surface area (Å²) in [4.78, 5) is 8.35. The highest BCUT2D eigenvalue weighted by Crippen LogP contribution is 2.18. The maximum atomic E-state index is 4.27. The van der Waals surface area contributed by atoms with Crippen LogP contribution in [0.5, 0.6) is 0 Å². The normalized spacial score (nSPS) is 10.4. The molecule has 2 aromatic heterocycles. The van der Waals surface area contributed by atoms with Crippen molar-refractivity contribution in [1.82, 2.24) is 9.97 Å². The maximum absolute atomic E-state index is 4.27. The number of fused-ring (bicyclic) bond motifs is 1. The Morgan fingerprint density at radius 2 is 1.83 bits per heavy atom. The van der Waals surface area contributed by atoms with Gasteiger partial charge in [-0.2, -0.15) is 0 Å². The van der Waals surface area contributed by atoms with Gasteiger partial charge in [0.25, 0.3) is 0 Å². The lowest BCUT2D eigenvalue weighted by molar-refractivity contribution is 1.13. The van der Waals surface area contributed by atoms with Gasteiger partial charge in [0.2, 0.25) is 0 Å². The molecular weight excluding hydrogens is 222 g/mol. The predicted molar refractivity (Wildman–Crippen MR) is 73.3 cm³/mol. The first-order valence-electron chi connectivity index (χ1n) is 5.89. The molecule has 0 unspecified atom stereocenters. The largest absolute Gasteiger partial charge is 0.380 e. The summed E-state index contributed by atoms with van der Waals surface area (Å²) in [6.07, 6.45) is 7.39. The molecule has 0 radical (unpaired) electrons. The Hall–Kier alpha value is -2.42. The highest BCUT2D eigenvalue weighted by atomic mass is 14.9. The second-order valence-corrected chi connectivity index (χ2v) is 4.12. The molecular formula is C15H13N3. The van der Waals surface area contributed by atoms with Gasteiger partial charge in [0, 0.05) is 36.7 Å². The molecule has 3 heteroatoms. The van der Waals surface area contributed by atoms with Gasteiger partial charge in [-0.05, 0) is 23.1 Å². The minimum atomic E-state index is 0.750. The smallest absolute Gasteiger partial charge is 0.0529 e. The molecule has 0 saturated carbocycles. The molecule has 0 fully saturated rings. The summed E-state index contributed by atoms with van der Waals surface area (Å²) in [6, 6.07) is 12.2. The third kappa shape index (κ3) is 2.15. The van der Waals surface area contributed by atoms with Crippen LogP contribution in [-0.2, 0) is 6.54 Å². The van der Waals surface area contributed by atoms with Gasteiger partial charge >= 0.3 is 0 Å². The average Bonchev–Trinajstić information content (AvgIpc) is 2.46. The Morgan fingerprint density at radius 3 is 2.72 bits per heavy atom. The molecule has 0 atom stereocenters. The quantitative estimate of drug-likeness (QED) is 0.757. The van der Waals surface area contributed by atoms with Gasteiger partial charge in [0.05, 0.1) is 5.69 Å². The lowest BCUT2D eigenvalue weighted by atomic mass is 10.1. The number of anilines is 1. The predicted octanol–water partition coefficient (Wildman–Crippen LogP) is 3.24. The summed E-state index contributed by atoms with van der Waals surface area (Å²) in [5, 5.41) is 5.76. The van der Waals surface area contributed by atoms with Gasteiger partial charge in [0.15, 0.2) is 0 Å². The minimum Gasteiger partial charge on any atom is -0.380 e. The maximum Gasteiger partial charge on any atom is 0.0529 e. The summed E-state index contributed by atoms with van der Waals surface area (Å²) in [6.45, 7) is 0.750. The van der Waals surface area contributed by atoms with Crippen molar-refractivity contribution in [3.05, 3.63) is 66.7 Å². The van der Waals surface area contributed by atoms with Crippen LogP contribution >= 0.6 is 0 Å². The second-order valence-electron chi connectivity index (χ2n) is 4.12. The molecule has 18 heavy (non-hydrogen) atoms. The number of nitrogens with one attached hydrogen (secondary N) is 1. The van der Waals surface area contributed by atoms with Crippen LogP contribution in [0, 0.1) is 0 Å². The Kier molecular flexibility index (Phi) is 2.88. The Balaban J connectivity index is 1.87.